The molecule has 1 N–H and O–H groups in total. The molecule has 0 bridgehead atoms. The summed E-state index contributed by atoms with van der Waals surface area (Å²) >= 11 is 0. The molecule has 7 heteroatoms. The van der Waals surface area contributed by atoms with E-state index in [2.05, 4.69) is 10.4 Å². The number of aryl methyl sites for hydroxylation is 3. The number of nitrogens with zero attached hydrogens (tertiary/aromatic N) is 3. The fourth-order valence-electron chi connectivity index (χ4n) is 2.30. The van der Waals surface area contributed by atoms with Crippen molar-refractivity contribution in [1.29, 1.82) is 0 Å². The monoisotopic (exact) mass is 302 g/mol. The summed E-state index contributed by atoms with van der Waals surface area (Å²) in [6.07, 6.45) is 0. The van der Waals surface area contributed by atoms with Crippen LogP contribution in [0.1, 0.15) is 22.5 Å². The van der Waals surface area contributed by atoms with Crippen LogP contribution in [0.25, 0.3) is 0 Å². The smallest absolute Gasteiger partial charge is 0.312 e. The average Bonchev–Trinajstić information content (AvgIpc) is 2.68. The predicted molar refractivity (Wildman–Crippen MR) is 82.9 cm³/mol. The molecule has 7 nitrogen and oxygen atoms in total. The van der Waals surface area contributed by atoms with Crippen LogP contribution in [0.15, 0.2) is 18.2 Å². The Morgan fingerprint density at radius 3 is 2.59 bits per heavy atom. The minimum absolute atomic E-state index is 0.0421. The van der Waals surface area contributed by atoms with Crippen molar-refractivity contribution in [3.63, 3.8) is 0 Å². The standard InChI is InChI=1S/C15H18N4O3/c1-9-5-6-10(2)13(7-9)16-14(20)8-18-12(4)15(19(21)22)11(3)17-18/h5-7H,8H2,1-4H3,(H,16,20). The highest BCUT2D eigenvalue weighted by molar-refractivity contribution is 5.91. The van der Waals surface area contributed by atoms with E-state index >= 15 is 0 Å². The number of hydrogen-bond donors (Lipinski definition) is 1. The van der Waals surface area contributed by atoms with Gasteiger partial charge in [0.2, 0.25) is 5.91 Å². The maximum absolute atomic E-state index is 12.1. The van der Waals surface area contributed by atoms with Gasteiger partial charge in [-0.15, -0.1) is 0 Å². The lowest BCUT2D eigenvalue weighted by atomic mass is 10.1. The number of benzene rings is 1. The molecule has 1 heterocycles. The number of carbonyl (C=O) groups excluding carboxylic acids is 1. The summed E-state index contributed by atoms with van der Waals surface area (Å²) in [7, 11) is 0. The zero-order valence-corrected chi connectivity index (χ0v) is 13.0. The summed E-state index contributed by atoms with van der Waals surface area (Å²) in [5.41, 5.74) is 3.38. The fourth-order valence-corrected chi connectivity index (χ4v) is 2.30. The van der Waals surface area contributed by atoms with Gasteiger partial charge in [-0.3, -0.25) is 19.6 Å². The van der Waals surface area contributed by atoms with Crippen molar-refractivity contribution in [3.05, 3.63) is 50.8 Å². The van der Waals surface area contributed by atoms with Gasteiger partial charge in [0, 0.05) is 5.69 Å². The normalized spacial score (nSPS) is 10.5. The number of aromatic nitrogens is 2. The SMILES string of the molecule is Cc1ccc(C)c(NC(=O)Cn2nc(C)c([N+](=O)[O-])c2C)c1. The predicted octanol–water partition coefficient (Wildman–Crippen LogP) is 2.66. The third kappa shape index (κ3) is 3.13. The average molecular weight is 302 g/mol. The van der Waals surface area contributed by atoms with Gasteiger partial charge in [0.25, 0.3) is 0 Å². The summed E-state index contributed by atoms with van der Waals surface area (Å²) in [4.78, 5) is 22.6. The molecule has 0 atom stereocenters. The second kappa shape index (κ2) is 5.97. The van der Waals surface area contributed by atoms with E-state index in [1.165, 1.54) is 4.68 Å². The number of nitro groups is 1. The first-order valence-electron chi connectivity index (χ1n) is 6.85. The number of hydrogen-bond acceptors (Lipinski definition) is 4. The quantitative estimate of drug-likeness (QED) is 0.694. The van der Waals surface area contributed by atoms with Gasteiger partial charge in [0.05, 0.1) is 4.92 Å². The van der Waals surface area contributed by atoms with Crippen LogP contribution in [0.3, 0.4) is 0 Å². The summed E-state index contributed by atoms with van der Waals surface area (Å²) in [5.74, 6) is -0.269. The molecule has 0 aliphatic heterocycles. The zero-order chi connectivity index (χ0) is 16.4. The van der Waals surface area contributed by atoms with E-state index in [9.17, 15) is 14.9 Å². The van der Waals surface area contributed by atoms with Gasteiger partial charge >= 0.3 is 5.69 Å². The Balaban J connectivity index is 2.18. The first-order valence-corrected chi connectivity index (χ1v) is 6.85. The van der Waals surface area contributed by atoms with Crippen molar-refractivity contribution in [1.82, 2.24) is 9.78 Å². The Bertz CT molecular complexity index is 749. The number of nitrogens with one attached hydrogen (secondary N) is 1. The van der Waals surface area contributed by atoms with Crippen LogP contribution in [0.2, 0.25) is 0 Å². The molecule has 2 rings (SSSR count). The molecular weight excluding hydrogens is 284 g/mol. The highest BCUT2D eigenvalue weighted by atomic mass is 16.6. The van der Waals surface area contributed by atoms with Gasteiger partial charge in [0.1, 0.15) is 17.9 Å². The molecule has 22 heavy (non-hydrogen) atoms. The lowest BCUT2D eigenvalue weighted by Crippen LogP contribution is -2.21. The molecule has 116 valence electrons. The minimum Gasteiger partial charge on any atom is -0.324 e. The molecule has 0 radical (unpaired) electrons. The van der Waals surface area contributed by atoms with Crippen molar-refractivity contribution in [2.45, 2.75) is 34.2 Å². The van der Waals surface area contributed by atoms with Crippen LogP contribution in [0, 0.1) is 37.8 Å². The van der Waals surface area contributed by atoms with E-state index in [0.29, 0.717) is 11.4 Å². The van der Waals surface area contributed by atoms with Crippen LogP contribution < -0.4 is 5.32 Å². The molecule has 1 aromatic carbocycles. The third-order valence-electron chi connectivity index (χ3n) is 3.49. The van der Waals surface area contributed by atoms with E-state index in [1.54, 1.807) is 13.8 Å². The number of carbonyl (C=O) groups is 1. The Morgan fingerprint density at radius 1 is 1.32 bits per heavy atom. The van der Waals surface area contributed by atoms with E-state index in [0.717, 1.165) is 16.8 Å². The zero-order valence-electron chi connectivity index (χ0n) is 13.0. The molecule has 0 spiro atoms. The van der Waals surface area contributed by atoms with E-state index in [1.807, 2.05) is 32.0 Å². The van der Waals surface area contributed by atoms with Crippen LogP contribution in [-0.2, 0) is 11.3 Å². The Hall–Kier alpha value is -2.70. The van der Waals surface area contributed by atoms with Gasteiger partial charge in [-0.05, 0) is 44.9 Å². The van der Waals surface area contributed by atoms with Crippen molar-refractivity contribution in [2.75, 3.05) is 5.32 Å². The van der Waals surface area contributed by atoms with Gasteiger partial charge < -0.3 is 5.32 Å². The summed E-state index contributed by atoms with van der Waals surface area (Å²) in [5, 5.41) is 17.8. The molecule has 0 aliphatic rings. The largest absolute Gasteiger partial charge is 0.324 e. The highest BCUT2D eigenvalue weighted by Crippen LogP contribution is 2.22. The van der Waals surface area contributed by atoms with Crippen molar-refractivity contribution in [3.8, 4) is 0 Å². The van der Waals surface area contributed by atoms with Gasteiger partial charge in [-0.2, -0.15) is 5.10 Å². The first kappa shape index (κ1) is 15.7. The third-order valence-corrected chi connectivity index (χ3v) is 3.49. The maximum Gasteiger partial charge on any atom is 0.312 e. The number of anilines is 1. The van der Waals surface area contributed by atoms with Gasteiger partial charge in [0.15, 0.2) is 0 Å². The first-order chi connectivity index (χ1) is 10.3. The van der Waals surface area contributed by atoms with Crippen molar-refractivity contribution in [2.24, 2.45) is 0 Å². The van der Waals surface area contributed by atoms with Crippen LogP contribution in [0.5, 0.6) is 0 Å². The van der Waals surface area contributed by atoms with E-state index in [-0.39, 0.29) is 18.1 Å². The number of amides is 1. The van der Waals surface area contributed by atoms with E-state index in [4.69, 9.17) is 0 Å². The van der Waals surface area contributed by atoms with Gasteiger partial charge in [-0.25, -0.2) is 0 Å². The minimum atomic E-state index is -0.475. The highest BCUT2D eigenvalue weighted by Gasteiger charge is 2.22. The lowest BCUT2D eigenvalue weighted by molar-refractivity contribution is -0.386. The van der Waals surface area contributed by atoms with Crippen LogP contribution in [0.4, 0.5) is 11.4 Å². The lowest BCUT2D eigenvalue weighted by Gasteiger charge is -2.10. The topological polar surface area (TPSA) is 90.1 Å². The molecular formula is C15H18N4O3. The molecule has 0 saturated heterocycles. The second-order valence-electron chi connectivity index (χ2n) is 5.30. The second-order valence-corrected chi connectivity index (χ2v) is 5.30. The summed E-state index contributed by atoms with van der Waals surface area (Å²) < 4.78 is 1.36. The number of rotatable bonds is 4. The fraction of sp³-hybridized carbons (Fsp3) is 0.333. The Morgan fingerprint density at radius 2 is 2.00 bits per heavy atom. The molecule has 0 fully saturated rings. The molecule has 2 aromatic rings. The summed E-state index contributed by atoms with van der Waals surface area (Å²) in [6.45, 7) is 6.93. The van der Waals surface area contributed by atoms with Crippen LogP contribution >= 0.6 is 0 Å². The van der Waals surface area contributed by atoms with E-state index < -0.39 is 4.92 Å². The Labute approximate surface area is 128 Å². The summed E-state index contributed by atoms with van der Waals surface area (Å²) in [6, 6.07) is 5.78. The molecule has 1 aromatic heterocycles. The van der Waals surface area contributed by atoms with Gasteiger partial charge in [-0.1, -0.05) is 12.1 Å². The molecule has 1 amide bonds. The van der Waals surface area contributed by atoms with Crippen LogP contribution in [-0.4, -0.2) is 20.6 Å². The molecule has 0 aliphatic carbocycles. The maximum atomic E-state index is 12.1. The Kier molecular flexibility index (Phi) is 4.25. The van der Waals surface area contributed by atoms with Crippen molar-refractivity contribution < 1.29 is 9.72 Å². The molecule has 0 saturated carbocycles. The van der Waals surface area contributed by atoms with Crippen molar-refractivity contribution >= 4 is 17.3 Å². The molecule has 0 unspecified atom stereocenters.